The lowest BCUT2D eigenvalue weighted by atomic mass is 10.2. The van der Waals surface area contributed by atoms with Gasteiger partial charge in [0, 0.05) is 17.0 Å². The first-order valence-corrected chi connectivity index (χ1v) is 7.43. The number of hydrogen-bond acceptors (Lipinski definition) is 4. The van der Waals surface area contributed by atoms with Crippen LogP contribution in [0.25, 0.3) is 31.8 Å². The number of fused-ring (bicyclic) bond motifs is 3. The van der Waals surface area contributed by atoms with Gasteiger partial charge >= 0.3 is 5.63 Å². The Bertz CT molecular complexity index is 1010. The zero-order valence-electron chi connectivity index (χ0n) is 11.3. The normalized spacial score (nSPS) is 11.3. The van der Waals surface area contributed by atoms with Gasteiger partial charge in [0.1, 0.15) is 10.6 Å². The summed E-state index contributed by atoms with van der Waals surface area (Å²) in [6.45, 7) is 2.07. The molecule has 0 aliphatic heterocycles. The third kappa shape index (κ3) is 2.04. The van der Waals surface area contributed by atoms with Gasteiger partial charge in [-0.05, 0) is 25.1 Å². The monoisotopic (exact) mass is 293 g/mol. The topological polar surface area (TPSA) is 43.1 Å². The van der Waals surface area contributed by atoms with Crippen LogP contribution in [0.15, 0.2) is 57.7 Å². The first-order chi connectivity index (χ1) is 10.2. The molecule has 0 aliphatic rings. The van der Waals surface area contributed by atoms with Crippen molar-refractivity contribution < 1.29 is 4.42 Å². The Hall–Kier alpha value is -2.46. The van der Waals surface area contributed by atoms with Crippen LogP contribution in [0.5, 0.6) is 0 Å². The van der Waals surface area contributed by atoms with Gasteiger partial charge in [0.25, 0.3) is 0 Å². The molecule has 0 aliphatic carbocycles. The molecule has 3 nitrogen and oxygen atoms in total. The van der Waals surface area contributed by atoms with E-state index in [1.807, 2.05) is 6.07 Å². The van der Waals surface area contributed by atoms with Crippen molar-refractivity contribution in [2.24, 2.45) is 0 Å². The quantitative estimate of drug-likeness (QED) is 0.489. The van der Waals surface area contributed by atoms with Crippen LogP contribution in [0, 0.1) is 6.92 Å². The maximum Gasteiger partial charge on any atom is 0.336 e. The average Bonchev–Trinajstić information content (AvgIpc) is 2.92. The highest BCUT2D eigenvalue weighted by molar-refractivity contribution is 7.22. The second-order valence-corrected chi connectivity index (χ2v) is 5.96. The summed E-state index contributed by atoms with van der Waals surface area (Å²) >= 11 is 1.62. The van der Waals surface area contributed by atoms with E-state index in [-0.39, 0.29) is 5.63 Å². The Morgan fingerprint density at radius 3 is 2.62 bits per heavy atom. The van der Waals surface area contributed by atoms with E-state index in [1.165, 1.54) is 11.6 Å². The van der Waals surface area contributed by atoms with Crippen LogP contribution in [-0.2, 0) is 0 Å². The van der Waals surface area contributed by atoms with Gasteiger partial charge in [0.05, 0.1) is 10.2 Å². The van der Waals surface area contributed by atoms with Crippen LogP contribution < -0.4 is 5.63 Å². The van der Waals surface area contributed by atoms with Crippen molar-refractivity contribution >= 4 is 32.5 Å². The molecule has 0 atom stereocenters. The van der Waals surface area contributed by atoms with Crippen LogP contribution in [0.2, 0.25) is 0 Å². The molecule has 4 heteroatoms. The molecule has 0 radical (unpaired) electrons. The molecule has 0 bridgehead atoms. The first kappa shape index (κ1) is 12.3. The largest absolute Gasteiger partial charge is 0.423 e. The lowest BCUT2D eigenvalue weighted by Gasteiger charge is -1.96. The highest BCUT2D eigenvalue weighted by Gasteiger charge is 2.10. The summed E-state index contributed by atoms with van der Waals surface area (Å²) in [7, 11) is 0. The van der Waals surface area contributed by atoms with Crippen molar-refractivity contribution in [1.29, 1.82) is 0 Å². The summed E-state index contributed by atoms with van der Waals surface area (Å²) in [5.41, 5.74) is 3.54. The van der Waals surface area contributed by atoms with Crippen molar-refractivity contribution in [2.45, 2.75) is 6.92 Å². The molecule has 4 aromatic rings. The number of thiazole rings is 1. The molecule has 0 N–H and O–H groups in total. The molecule has 0 saturated heterocycles. The van der Waals surface area contributed by atoms with E-state index in [0.717, 1.165) is 26.2 Å². The van der Waals surface area contributed by atoms with Gasteiger partial charge in [-0.15, -0.1) is 11.3 Å². The van der Waals surface area contributed by atoms with Gasteiger partial charge in [-0.1, -0.05) is 29.8 Å². The minimum atomic E-state index is -0.329. The Labute approximate surface area is 124 Å². The van der Waals surface area contributed by atoms with E-state index in [0.29, 0.717) is 5.58 Å². The summed E-state index contributed by atoms with van der Waals surface area (Å²) in [5.74, 6) is 0. The van der Waals surface area contributed by atoms with Gasteiger partial charge in [-0.3, -0.25) is 0 Å². The number of benzene rings is 2. The smallest absolute Gasteiger partial charge is 0.336 e. The Morgan fingerprint density at radius 2 is 1.81 bits per heavy atom. The summed E-state index contributed by atoms with van der Waals surface area (Å²) < 4.78 is 6.27. The van der Waals surface area contributed by atoms with E-state index in [4.69, 9.17) is 4.42 Å². The van der Waals surface area contributed by atoms with E-state index in [1.54, 1.807) is 23.5 Å². The minimum absolute atomic E-state index is 0.329. The molecule has 4 rings (SSSR count). The molecule has 2 aromatic carbocycles. The molecule has 2 heterocycles. The van der Waals surface area contributed by atoms with Crippen LogP contribution in [0.4, 0.5) is 0 Å². The molecular formula is C17H11NO2S. The van der Waals surface area contributed by atoms with Crippen molar-refractivity contribution in [3.05, 3.63) is 64.5 Å². The van der Waals surface area contributed by atoms with Crippen molar-refractivity contribution in [2.75, 3.05) is 0 Å². The molecule has 0 unspecified atom stereocenters. The Kier molecular flexibility index (Phi) is 2.65. The van der Waals surface area contributed by atoms with Gasteiger partial charge in [0.2, 0.25) is 0 Å². The number of aromatic nitrogens is 1. The van der Waals surface area contributed by atoms with Crippen LogP contribution >= 0.6 is 11.3 Å². The summed E-state index contributed by atoms with van der Waals surface area (Å²) in [6.07, 6.45) is 0. The zero-order chi connectivity index (χ0) is 14.4. The van der Waals surface area contributed by atoms with Gasteiger partial charge < -0.3 is 4.42 Å². The number of nitrogens with zero attached hydrogens (tertiary/aromatic N) is 1. The Balaban J connectivity index is 1.99. The summed E-state index contributed by atoms with van der Waals surface area (Å²) in [4.78, 5) is 16.0. The number of aryl methyl sites for hydroxylation is 1. The van der Waals surface area contributed by atoms with Gasteiger partial charge in [-0.2, -0.15) is 0 Å². The summed E-state index contributed by atoms with van der Waals surface area (Å²) in [6, 6.07) is 15.3. The van der Waals surface area contributed by atoms with Crippen LogP contribution in [0.3, 0.4) is 0 Å². The molecule has 21 heavy (non-hydrogen) atoms. The fourth-order valence-electron chi connectivity index (χ4n) is 2.35. The first-order valence-electron chi connectivity index (χ1n) is 6.61. The van der Waals surface area contributed by atoms with E-state index in [9.17, 15) is 4.79 Å². The highest BCUT2D eigenvalue weighted by atomic mass is 32.1. The average molecular weight is 293 g/mol. The summed E-state index contributed by atoms with van der Waals surface area (Å²) in [5, 5.41) is 1.91. The van der Waals surface area contributed by atoms with E-state index in [2.05, 4.69) is 36.2 Å². The fourth-order valence-corrected chi connectivity index (χ4v) is 3.44. The lowest BCUT2D eigenvalue weighted by molar-refractivity contribution is 0.561. The third-order valence-corrected chi connectivity index (χ3v) is 4.60. The number of rotatable bonds is 1. The minimum Gasteiger partial charge on any atom is -0.423 e. The molecule has 2 aromatic heterocycles. The van der Waals surface area contributed by atoms with E-state index < -0.39 is 0 Å². The second-order valence-electron chi connectivity index (χ2n) is 4.97. The maximum absolute atomic E-state index is 11.3. The highest BCUT2D eigenvalue weighted by Crippen LogP contribution is 2.34. The molecule has 0 saturated carbocycles. The lowest BCUT2D eigenvalue weighted by Crippen LogP contribution is -1.93. The van der Waals surface area contributed by atoms with E-state index >= 15 is 0 Å². The molecule has 0 fully saturated rings. The van der Waals surface area contributed by atoms with Crippen molar-refractivity contribution in [3.63, 3.8) is 0 Å². The van der Waals surface area contributed by atoms with Gasteiger partial charge in [0.15, 0.2) is 0 Å². The second kappa shape index (κ2) is 4.53. The van der Waals surface area contributed by atoms with Crippen molar-refractivity contribution in [3.8, 4) is 10.6 Å². The zero-order valence-corrected chi connectivity index (χ0v) is 12.1. The molecule has 102 valence electrons. The fraction of sp³-hybridized carbons (Fsp3) is 0.0588. The predicted molar refractivity (Wildman–Crippen MR) is 85.8 cm³/mol. The Morgan fingerprint density at radius 1 is 1.00 bits per heavy atom. The van der Waals surface area contributed by atoms with Gasteiger partial charge in [-0.25, -0.2) is 9.78 Å². The number of hydrogen-bond donors (Lipinski definition) is 0. The molecule has 0 spiro atoms. The molecule has 0 amide bonds. The van der Waals surface area contributed by atoms with Crippen molar-refractivity contribution in [1.82, 2.24) is 4.98 Å². The maximum atomic E-state index is 11.3. The predicted octanol–water partition coefficient (Wildman–Crippen LogP) is 4.38. The SMILES string of the molecule is Cc1ccc(-c2nc3ccc4oc(=O)ccc4c3s2)cc1. The standard InChI is InChI=1S/C17H11NO2S/c1-10-2-4-11(5-3-10)17-18-13-7-8-14-12(16(13)21-17)6-9-15(19)20-14/h2-9H,1H3. The van der Waals surface area contributed by atoms with Crippen LogP contribution in [-0.4, -0.2) is 4.98 Å². The third-order valence-electron chi connectivity index (χ3n) is 3.45. The molecular weight excluding hydrogens is 282 g/mol. The van der Waals surface area contributed by atoms with Crippen LogP contribution in [0.1, 0.15) is 5.56 Å².